The van der Waals surface area contributed by atoms with Crippen molar-refractivity contribution in [2.24, 2.45) is 17.3 Å². The van der Waals surface area contributed by atoms with Crippen molar-refractivity contribution in [3.05, 3.63) is 0 Å². The van der Waals surface area contributed by atoms with Gasteiger partial charge in [0.2, 0.25) is 0 Å². The Bertz CT molecular complexity index is 202. The van der Waals surface area contributed by atoms with E-state index in [4.69, 9.17) is 0 Å². The fraction of sp³-hybridized carbons (Fsp3) is 1.00. The molecule has 0 aromatic carbocycles. The Morgan fingerprint density at radius 2 is 1.44 bits per heavy atom. The Morgan fingerprint density at radius 1 is 1.00 bits per heavy atom. The van der Waals surface area contributed by atoms with Crippen LogP contribution in [0.25, 0.3) is 0 Å². The molecule has 0 aliphatic heterocycles. The Morgan fingerprint density at radius 3 is 1.75 bits per heavy atom. The molecule has 0 aromatic heterocycles. The van der Waals surface area contributed by atoms with Gasteiger partial charge in [-0.2, -0.15) is 0 Å². The van der Waals surface area contributed by atoms with Crippen LogP contribution in [0.15, 0.2) is 0 Å². The standard InChI is InChI=1S/C11H21BF3.K/c1-11(2,3)10-6-4-9(5-7-10)8-12(13,14)15;/h9-10H,4-8H2,1-3H3;/q-1;+1. The first kappa shape index (κ1) is 17.5. The van der Waals surface area contributed by atoms with Crippen LogP contribution in [0.5, 0.6) is 0 Å². The minimum absolute atomic E-state index is 0. The molecule has 1 saturated carbocycles. The number of hydrogen-bond donors (Lipinski definition) is 0. The molecule has 1 fully saturated rings. The molecule has 0 N–H and O–H groups in total. The predicted molar refractivity (Wildman–Crippen MR) is 58.8 cm³/mol. The molecular weight excluding hydrogens is 239 g/mol. The average Bonchev–Trinajstić information content (AvgIpc) is 2.00. The van der Waals surface area contributed by atoms with Gasteiger partial charge in [0.25, 0.3) is 0 Å². The van der Waals surface area contributed by atoms with E-state index in [1.807, 2.05) is 0 Å². The van der Waals surface area contributed by atoms with Crippen molar-refractivity contribution in [1.29, 1.82) is 0 Å². The van der Waals surface area contributed by atoms with Gasteiger partial charge in [-0.1, -0.05) is 45.9 Å². The summed E-state index contributed by atoms with van der Waals surface area (Å²) in [6, 6.07) is 0. The SMILES string of the molecule is CC(C)(C)C1CCC(C[B-](F)(F)F)CC1.[K+]. The molecule has 16 heavy (non-hydrogen) atoms. The summed E-state index contributed by atoms with van der Waals surface area (Å²) < 4.78 is 36.7. The van der Waals surface area contributed by atoms with Crippen LogP contribution in [0.3, 0.4) is 0 Å². The van der Waals surface area contributed by atoms with E-state index in [0.29, 0.717) is 5.92 Å². The minimum atomic E-state index is -4.58. The summed E-state index contributed by atoms with van der Waals surface area (Å²) in [7, 11) is 0. The van der Waals surface area contributed by atoms with Crippen LogP contribution in [0, 0.1) is 17.3 Å². The van der Waals surface area contributed by atoms with Crippen LogP contribution >= 0.6 is 0 Å². The normalized spacial score (nSPS) is 27.4. The van der Waals surface area contributed by atoms with Crippen LogP contribution in [0.2, 0.25) is 6.32 Å². The maximum absolute atomic E-state index is 12.2. The van der Waals surface area contributed by atoms with Gasteiger partial charge < -0.3 is 12.9 Å². The Hall–Kier alpha value is 1.49. The molecule has 90 valence electrons. The summed E-state index contributed by atoms with van der Waals surface area (Å²) >= 11 is 0. The summed E-state index contributed by atoms with van der Waals surface area (Å²) in [4.78, 5) is 0. The molecule has 0 nitrogen and oxygen atoms in total. The van der Waals surface area contributed by atoms with Crippen molar-refractivity contribution >= 4 is 6.98 Å². The summed E-state index contributed by atoms with van der Waals surface area (Å²) in [6.07, 6.45) is 2.96. The fourth-order valence-corrected chi connectivity index (χ4v) is 2.64. The molecule has 0 unspecified atom stereocenters. The smallest absolute Gasteiger partial charge is 0.449 e. The summed E-state index contributed by atoms with van der Waals surface area (Å²) in [5.41, 5.74) is 0.258. The molecule has 0 spiro atoms. The first-order valence-electron chi connectivity index (χ1n) is 5.89. The molecule has 5 heteroatoms. The molecule has 1 aliphatic carbocycles. The van der Waals surface area contributed by atoms with Crippen molar-refractivity contribution < 1.29 is 64.3 Å². The second kappa shape index (κ2) is 6.60. The first-order valence-corrected chi connectivity index (χ1v) is 5.89. The zero-order valence-electron chi connectivity index (χ0n) is 10.9. The summed E-state index contributed by atoms with van der Waals surface area (Å²) in [6.45, 7) is 1.98. The van der Waals surface area contributed by atoms with Gasteiger partial charge >= 0.3 is 58.4 Å². The average molecular weight is 260 g/mol. The maximum atomic E-state index is 12.2. The number of rotatable bonds is 2. The van der Waals surface area contributed by atoms with Crippen LogP contribution < -0.4 is 51.4 Å². The van der Waals surface area contributed by atoms with E-state index in [1.165, 1.54) is 0 Å². The number of halogens is 3. The predicted octanol–water partition coefficient (Wildman–Crippen LogP) is 1.69. The monoisotopic (exact) mass is 260 g/mol. The quantitative estimate of drug-likeness (QED) is 0.663. The summed E-state index contributed by atoms with van der Waals surface area (Å²) in [5, 5.41) is 0. The molecule has 1 aliphatic rings. The fourth-order valence-electron chi connectivity index (χ4n) is 2.64. The zero-order valence-corrected chi connectivity index (χ0v) is 14.0. The van der Waals surface area contributed by atoms with Crippen molar-refractivity contribution in [2.45, 2.75) is 52.8 Å². The van der Waals surface area contributed by atoms with Crippen LogP contribution in [-0.2, 0) is 0 Å². The Balaban J connectivity index is 0.00000225. The molecule has 0 aromatic rings. The molecule has 0 saturated heterocycles. The van der Waals surface area contributed by atoms with Crippen molar-refractivity contribution in [3.63, 3.8) is 0 Å². The first-order chi connectivity index (χ1) is 6.68. The topological polar surface area (TPSA) is 0 Å². The van der Waals surface area contributed by atoms with Gasteiger partial charge in [0, 0.05) is 0 Å². The third kappa shape index (κ3) is 6.43. The van der Waals surface area contributed by atoms with Gasteiger partial charge in [-0.15, -0.1) is 0 Å². The molecule has 0 bridgehead atoms. The van der Waals surface area contributed by atoms with Gasteiger partial charge in [0.05, 0.1) is 0 Å². The van der Waals surface area contributed by atoms with Crippen molar-refractivity contribution in [1.82, 2.24) is 0 Å². The third-order valence-corrected chi connectivity index (χ3v) is 3.67. The number of hydrogen-bond acceptors (Lipinski definition) is 0. The second-order valence-electron chi connectivity index (χ2n) is 6.03. The molecule has 0 heterocycles. The van der Waals surface area contributed by atoms with E-state index >= 15 is 0 Å². The van der Waals surface area contributed by atoms with Gasteiger partial charge in [0.15, 0.2) is 0 Å². The van der Waals surface area contributed by atoms with Crippen LogP contribution in [0.4, 0.5) is 12.9 Å². The Labute approximate surface area is 140 Å². The van der Waals surface area contributed by atoms with E-state index in [0.717, 1.165) is 25.7 Å². The molecule has 1 rings (SSSR count). The maximum Gasteiger partial charge on any atom is 1.00 e. The van der Waals surface area contributed by atoms with Crippen LogP contribution in [0.1, 0.15) is 46.5 Å². The van der Waals surface area contributed by atoms with E-state index in [1.54, 1.807) is 0 Å². The molecule has 0 radical (unpaired) electrons. The van der Waals surface area contributed by atoms with Gasteiger partial charge in [-0.05, 0) is 24.2 Å². The summed E-state index contributed by atoms with van der Waals surface area (Å²) in [5.74, 6) is 0.512. The van der Waals surface area contributed by atoms with E-state index in [9.17, 15) is 12.9 Å². The van der Waals surface area contributed by atoms with Gasteiger partial charge in [0.1, 0.15) is 0 Å². The zero-order chi connectivity index (χ0) is 11.7. The van der Waals surface area contributed by atoms with Gasteiger partial charge in [-0.3, -0.25) is 0 Å². The molecule has 0 atom stereocenters. The van der Waals surface area contributed by atoms with Crippen molar-refractivity contribution in [2.75, 3.05) is 0 Å². The largest absolute Gasteiger partial charge is 1.00 e. The third-order valence-electron chi connectivity index (χ3n) is 3.67. The van der Waals surface area contributed by atoms with Gasteiger partial charge in [-0.25, -0.2) is 0 Å². The molecular formula is C11H21BF3K. The Kier molecular flexibility index (Phi) is 7.21. The minimum Gasteiger partial charge on any atom is -0.449 e. The van der Waals surface area contributed by atoms with E-state index < -0.39 is 13.3 Å². The second-order valence-corrected chi connectivity index (χ2v) is 6.03. The van der Waals surface area contributed by atoms with Crippen LogP contribution in [-0.4, -0.2) is 6.98 Å². The van der Waals surface area contributed by atoms with E-state index in [-0.39, 0.29) is 62.7 Å². The van der Waals surface area contributed by atoms with Crippen molar-refractivity contribution in [3.8, 4) is 0 Å². The van der Waals surface area contributed by atoms with E-state index in [2.05, 4.69) is 20.8 Å². The molecule has 0 amide bonds.